The number of carbonyl (C=O) groups is 2. The molecule has 0 unspecified atom stereocenters. The van der Waals surface area contributed by atoms with Gasteiger partial charge in [-0.2, -0.15) is 0 Å². The van der Waals surface area contributed by atoms with E-state index in [-0.39, 0.29) is 24.3 Å². The maximum Gasteiger partial charge on any atom is 0.340 e. The third-order valence-electron chi connectivity index (χ3n) is 3.86. The van der Waals surface area contributed by atoms with E-state index >= 15 is 0 Å². The van der Waals surface area contributed by atoms with Crippen molar-refractivity contribution in [3.63, 3.8) is 0 Å². The fraction of sp³-hybridized carbons (Fsp3) is 0.368. The lowest BCUT2D eigenvalue weighted by Gasteiger charge is -2.10. The monoisotopic (exact) mass is 329 g/mol. The summed E-state index contributed by atoms with van der Waals surface area (Å²) in [5.74, 6) is -1.01. The number of hydrogen-bond donors (Lipinski definition) is 0. The van der Waals surface area contributed by atoms with Gasteiger partial charge in [-0.1, -0.05) is 12.1 Å². The quantitative estimate of drug-likeness (QED) is 0.784. The molecule has 0 aliphatic carbocycles. The largest absolute Gasteiger partial charge is 0.462 e. The van der Waals surface area contributed by atoms with E-state index < -0.39 is 11.9 Å². The van der Waals surface area contributed by atoms with Gasteiger partial charge in [0.15, 0.2) is 0 Å². The highest BCUT2D eigenvalue weighted by Gasteiger charge is 2.29. The summed E-state index contributed by atoms with van der Waals surface area (Å²) >= 11 is 0. The molecule has 1 aromatic carbocycles. The number of carbonyl (C=O) groups excluding carboxylic acids is 2. The van der Waals surface area contributed by atoms with Crippen molar-refractivity contribution in [1.29, 1.82) is 0 Å². The van der Waals surface area contributed by atoms with E-state index in [2.05, 4.69) is 0 Å². The first-order valence-electron chi connectivity index (χ1n) is 8.05. The van der Waals surface area contributed by atoms with Gasteiger partial charge in [0.05, 0.1) is 24.3 Å². The van der Waals surface area contributed by atoms with Crippen LogP contribution in [0.2, 0.25) is 0 Å². The summed E-state index contributed by atoms with van der Waals surface area (Å²) in [7, 11) is 0. The first-order valence-corrected chi connectivity index (χ1v) is 8.05. The predicted octanol–water partition coefficient (Wildman–Crippen LogP) is 3.76. The molecule has 128 valence electrons. The van der Waals surface area contributed by atoms with Gasteiger partial charge in [-0.3, -0.25) is 0 Å². The van der Waals surface area contributed by atoms with Crippen molar-refractivity contribution >= 4 is 11.9 Å². The number of esters is 2. The Hall–Kier alpha value is -2.56. The van der Waals surface area contributed by atoms with E-state index in [9.17, 15) is 9.59 Å². The molecular weight excluding hydrogens is 306 g/mol. The molecule has 0 atom stereocenters. The van der Waals surface area contributed by atoms with Crippen LogP contribution in [-0.4, -0.2) is 29.7 Å². The van der Waals surface area contributed by atoms with Gasteiger partial charge in [0.1, 0.15) is 0 Å². The second-order valence-electron chi connectivity index (χ2n) is 5.54. The zero-order valence-corrected chi connectivity index (χ0v) is 14.8. The first kappa shape index (κ1) is 17.8. The Morgan fingerprint density at radius 3 is 1.83 bits per heavy atom. The molecule has 0 saturated carbocycles. The second kappa shape index (κ2) is 7.34. The van der Waals surface area contributed by atoms with Crippen molar-refractivity contribution < 1.29 is 19.1 Å². The second-order valence-corrected chi connectivity index (χ2v) is 5.54. The molecule has 24 heavy (non-hydrogen) atoms. The average Bonchev–Trinajstić information content (AvgIpc) is 2.78. The van der Waals surface area contributed by atoms with E-state index in [1.165, 1.54) is 0 Å². The van der Waals surface area contributed by atoms with Gasteiger partial charge in [-0.05, 0) is 52.3 Å². The lowest BCUT2D eigenvalue weighted by atomic mass is 10.1. The van der Waals surface area contributed by atoms with Gasteiger partial charge >= 0.3 is 11.9 Å². The summed E-state index contributed by atoms with van der Waals surface area (Å²) in [5.41, 5.74) is 3.87. The van der Waals surface area contributed by atoms with Gasteiger partial charge in [0, 0.05) is 17.1 Å². The fourth-order valence-corrected chi connectivity index (χ4v) is 2.90. The van der Waals surface area contributed by atoms with Crippen molar-refractivity contribution in [1.82, 2.24) is 4.57 Å². The topological polar surface area (TPSA) is 57.5 Å². The number of nitrogens with zero attached hydrogens (tertiary/aromatic N) is 1. The fourth-order valence-electron chi connectivity index (χ4n) is 2.90. The number of aromatic nitrogens is 1. The van der Waals surface area contributed by atoms with Crippen LogP contribution in [0.1, 0.15) is 51.5 Å². The van der Waals surface area contributed by atoms with E-state index in [0.717, 1.165) is 11.3 Å². The first-order chi connectivity index (χ1) is 11.4. The van der Waals surface area contributed by atoms with Gasteiger partial charge in [0.2, 0.25) is 0 Å². The molecule has 1 aromatic heterocycles. The van der Waals surface area contributed by atoms with Gasteiger partial charge in [-0.25, -0.2) is 9.59 Å². The average molecular weight is 329 g/mol. The Morgan fingerprint density at radius 1 is 0.917 bits per heavy atom. The molecule has 0 radical (unpaired) electrons. The SMILES string of the molecule is CCOC(=O)c1c(C(=O)OCC)c(C)n(-c2cccc(C)c2)c1C. The van der Waals surface area contributed by atoms with E-state index in [1.807, 2.05) is 49.6 Å². The number of hydrogen-bond acceptors (Lipinski definition) is 4. The smallest absolute Gasteiger partial charge is 0.340 e. The molecule has 0 N–H and O–H groups in total. The molecule has 0 fully saturated rings. The zero-order valence-electron chi connectivity index (χ0n) is 14.8. The molecule has 5 heteroatoms. The maximum atomic E-state index is 12.4. The van der Waals surface area contributed by atoms with Crippen LogP contribution in [0.3, 0.4) is 0 Å². The van der Waals surface area contributed by atoms with Crippen molar-refractivity contribution in [2.75, 3.05) is 13.2 Å². The van der Waals surface area contributed by atoms with Gasteiger partial charge in [0.25, 0.3) is 0 Å². The minimum Gasteiger partial charge on any atom is -0.462 e. The maximum absolute atomic E-state index is 12.4. The highest BCUT2D eigenvalue weighted by atomic mass is 16.5. The summed E-state index contributed by atoms with van der Waals surface area (Å²) in [5, 5.41) is 0. The van der Waals surface area contributed by atoms with Crippen LogP contribution in [0, 0.1) is 20.8 Å². The molecule has 0 saturated heterocycles. The summed E-state index contributed by atoms with van der Waals surface area (Å²) in [6, 6.07) is 7.88. The third-order valence-corrected chi connectivity index (χ3v) is 3.86. The number of rotatable bonds is 5. The molecule has 0 bridgehead atoms. The molecule has 2 rings (SSSR count). The lowest BCUT2D eigenvalue weighted by Crippen LogP contribution is -2.13. The highest BCUT2D eigenvalue weighted by molar-refractivity contribution is 6.05. The number of aryl methyl sites for hydroxylation is 1. The highest BCUT2D eigenvalue weighted by Crippen LogP contribution is 2.28. The normalized spacial score (nSPS) is 10.5. The number of benzene rings is 1. The molecule has 2 aromatic rings. The van der Waals surface area contributed by atoms with Crippen LogP contribution in [0.15, 0.2) is 24.3 Å². The van der Waals surface area contributed by atoms with Crippen molar-refractivity contribution in [2.24, 2.45) is 0 Å². The summed E-state index contributed by atoms with van der Waals surface area (Å²) in [6.45, 7) is 9.58. The van der Waals surface area contributed by atoms with E-state index in [1.54, 1.807) is 13.8 Å². The molecule has 0 aliphatic rings. The van der Waals surface area contributed by atoms with E-state index in [4.69, 9.17) is 9.47 Å². The lowest BCUT2D eigenvalue weighted by molar-refractivity contribution is 0.0479. The Labute approximate surface area is 142 Å². The van der Waals surface area contributed by atoms with Crippen LogP contribution >= 0.6 is 0 Å². The molecule has 0 amide bonds. The molecule has 1 heterocycles. The van der Waals surface area contributed by atoms with Gasteiger partial charge < -0.3 is 14.0 Å². The standard InChI is InChI=1S/C19H23NO4/c1-6-23-18(21)16-13(4)20(15-10-8-9-12(3)11-15)14(5)17(16)19(22)24-7-2/h8-11H,6-7H2,1-5H3. The van der Waals surface area contributed by atoms with Crippen LogP contribution in [-0.2, 0) is 9.47 Å². The minimum absolute atomic E-state index is 0.245. The van der Waals surface area contributed by atoms with Crippen molar-refractivity contribution in [3.8, 4) is 5.69 Å². The predicted molar refractivity (Wildman–Crippen MR) is 91.9 cm³/mol. The Kier molecular flexibility index (Phi) is 5.44. The molecular formula is C19H23NO4. The molecule has 5 nitrogen and oxygen atoms in total. The summed E-state index contributed by atoms with van der Waals surface area (Å²) < 4.78 is 12.2. The Balaban J connectivity index is 2.72. The van der Waals surface area contributed by atoms with Crippen molar-refractivity contribution in [3.05, 3.63) is 52.3 Å². The van der Waals surface area contributed by atoms with Gasteiger partial charge in [-0.15, -0.1) is 0 Å². The molecule has 0 spiro atoms. The summed E-state index contributed by atoms with van der Waals surface area (Å²) in [4.78, 5) is 24.8. The molecule has 0 aliphatic heterocycles. The van der Waals surface area contributed by atoms with Crippen molar-refractivity contribution in [2.45, 2.75) is 34.6 Å². The summed E-state index contributed by atoms with van der Waals surface area (Å²) in [6.07, 6.45) is 0. The Bertz CT molecular complexity index is 732. The van der Waals surface area contributed by atoms with Crippen LogP contribution in [0.4, 0.5) is 0 Å². The number of ether oxygens (including phenoxy) is 2. The van der Waals surface area contributed by atoms with Crippen LogP contribution in [0.5, 0.6) is 0 Å². The minimum atomic E-state index is -0.507. The third kappa shape index (κ3) is 3.20. The zero-order chi connectivity index (χ0) is 17.9. The van der Waals surface area contributed by atoms with Crippen LogP contribution in [0.25, 0.3) is 5.69 Å². The van der Waals surface area contributed by atoms with E-state index in [0.29, 0.717) is 11.4 Å². The Morgan fingerprint density at radius 2 is 1.42 bits per heavy atom. The van der Waals surface area contributed by atoms with Crippen LogP contribution < -0.4 is 0 Å².